The van der Waals surface area contributed by atoms with E-state index in [0.717, 1.165) is 4.90 Å². The predicted octanol–water partition coefficient (Wildman–Crippen LogP) is 1.38. The van der Waals surface area contributed by atoms with Crippen LogP contribution in [0.4, 0.5) is 5.69 Å². The molecule has 1 aliphatic rings. The van der Waals surface area contributed by atoms with Crippen LogP contribution in [0.5, 0.6) is 5.75 Å². The van der Waals surface area contributed by atoms with E-state index in [2.05, 4.69) is 5.32 Å². The number of carboxylic acids is 1. The summed E-state index contributed by atoms with van der Waals surface area (Å²) in [5, 5.41) is 11.1. The normalized spacial score (nSPS) is 12.7. The fourth-order valence-electron chi connectivity index (χ4n) is 2.51. The molecule has 8 nitrogen and oxygen atoms in total. The molecule has 0 fully saturated rings. The second kappa shape index (κ2) is 7.06. The van der Waals surface area contributed by atoms with E-state index in [1.807, 2.05) is 0 Å². The van der Waals surface area contributed by atoms with Crippen LogP contribution in [-0.2, 0) is 9.59 Å². The minimum Gasteiger partial charge on any atom is -0.482 e. The molecule has 0 spiro atoms. The maximum absolute atomic E-state index is 12.2. The minimum atomic E-state index is -1.09. The molecule has 0 radical (unpaired) electrons. The first kappa shape index (κ1) is 17.2. The summed E-state index contributed by atoms with van der Waals surface area (Å²) in [7, 11) is 0. The van der Waals surface area contributed by atoms with Crippen LogP contribution in [0.2, 0.25) is 0 Å². The Labute approximate surface area is 148 Å². The summed E-state index contributed by atoms with van der Waals surface area (Å²) in [5.74, 6) is -2.29. The Kier molecular flexibility index (Phi) is 4.66. The molecule has 2 aromatic carbocycles. The van der Waals surface area contributed by atoms with Crippen molar-refractivity contribution in [3.63, 3.8) is 0 Å². The van der Waals surface area contributed by atoms with E-state index in [0.29, 0.717) is 11.4 Å². The number of carbonyl (C=O) groups is 4. The second-order valence-electron chi connectivity index (χ2n) is 5.50. The minimum absolute atomic E-state index is 0.283. The predicted molar refractivity (Wildman–Crippen MR) is 90.0 cm³/mol. The van der Waals surface area contributed by atoms with Crippen molar-refractivity contribution in [2.24, 2.45) is 0 Å². The molecule has 132 valence electrons. The van der Waals surface area contributed by atoms with Gasteiger partial charge in [-0.15, -0.1) is 0 Å². The van der Waals surface area contributed by atoms with Gasteiger partial charge in [0.1, 0.15) is 12.3 Å². The first-order valence-corrected chi connectivity index (χ1v) is 7.65. The number of benzene rings is 2. The number of nitrogens with one attached hydrogen (secondary N) is 1. The first-order chi connectivity index (χ1) is 12.5. The van der Waals surface area contributed by atoms with Gasteiger partial charge >= 0.3 is 5.97 Å². The first-order valence-electron chi connectivity index (χ1n) is 7.65. The summed E-state index contributed by atoms with van der Waals surface area (Å²) in [6, 6.07) is 12.5. The molecule has 0 unspecified atom stereocenters. The lowest BCUT2D eigenvalue weighted by molar-refractivity contribution is -0.139. The summed E-state index contributed by atoms with van der Waals surface area (Å²) in [6.07, 6.45) is 0. The maximum atomic E-state index is 12.2. The number of carboxylic acid groups (broad SMARTS) is 1. The highest BCUT2D eigenvalue weighted by molar-refractivity contribution is 6.22. The Bertz CT molecular complexity index is 856. The third-order valence-corrected chi connectivity index (χ3v) is 3.68. The number of nitrogens with zero attached hydrogens (tertiary/aromatic N) is 1. The molecule has 0 saturated carbocycles. The van der Waals surface area contributed by atoms with Crippen molar-refractivity contribution in [1.82, 2.24) is 4.90 Å². The highest BCUT2D eigenvalue weighted by atomic mass is 16.5. The lowest BCUT2D eigenvalue weighted by atomic mass is 10.1. The Morgan fingerprint density at radius 2 is 1.54 bits per heavy atom. The third kappa shape index (κ3) is 3.54. The molecule has 0 bridgehead atoms. The average Bonchev–Trinajstić information content (AvgIpc) is 2.86. The lowest BCUT2D eigenvalue weighted by Crippen LogP contribution is -2.37. The summed E-state index contributed by atoms with van der Waals surface area (Å²) < 4.78 is 4.99. The van der Waals surface area contributed by atoms with Gasteiger partial charge in [-0.25, -0.2) is 4.79 Å². The van der Waals surface area contributed by atoms with Gasteiger partial charge in [0, 0.05) is 5.69 Å². The molecule has 26 heavy (non-hydrogen) atoms. The number of rotatable bonds is 6. The molecule has 0 aliphatic carbocycles. The van der Waals surface area contributed by atoms with Crippen molar-refractivity contribution >= 4 is 29.4 Å². The van der Waals surface area contributed by atoms with Crippen molar-refractivity contribution in [3.05, 3.63) is 59.7 Å². The highest BCUT2D eigenvalue weighted by Crippen LogP contribution is 2.22. The molecule has 3 rings (SSSR count). The van der Waals surface area contributed by atoms with Gasteiger partial charge in [0.2, 0.25) is 5.91 Å². The molecule has 1 heterocycles. The molecular formula is C18H14N2O6. The molecular weight excluding hydrogens is 340 g/mol. The van der Waals surface area contributed by atoms with Gasteiger partial charge in [-0.2, -0.15) is 0 Å². The van der Waals surface area contributed by atoms with E-state index in [9.17, 15) is 19.2 Å². The van der Waals surface area contributed by atoms with Crippen LogP contribution in [-0.4, -0.2) is 46.8 Å². The smallest absolute Gasteiger partial charge is 0.341 e. The standard InChI is InChI=1S/C18H14N2O6/c21-15(19-11-5-7-12(8-6-11)26-10-16(22)23)9-20-17(24)13-3-1-2-4-14(13)18(20)25/h1-8H,9-10H2,(H,19,21)(H,22,23). The number of aliphatic carboxylic acids is 1. The van der Waals surface area contributed by atoms with E-state index in [1.165, 1.54) is 24.3 Å². The number of ether oxygens (including phenoxy) is 1. The van der Waals surface area contributed by atoms with E-state index >= 15 is 0 Å². The Balaban J connectivity index is 1.60. The zero-order valence-electron chi connectivity index (χ0n) is 13.5. The fourth-order valence-corrected chi connectivity index (χ4v) is 2.51. The van der Waals surface area contributed by atoms with Gasteiger partial charge in [-0.1, -0.05) is 12.1 Å². The largest absolute Gasteiger partial charge is 0.482 e. The van der Waals surface area contributed by atoms with Crippen molar-refractivity contribution < 1.29 is 29.0 Å². The topological polar surface area (TPSA) is 113 Å². The molecule has 0 aromatic heterocycles. The molecule has 0 atom stereocenters. The Hall–Kier alpha value is -3.68. The molecule has 2 aromatic rings. The number of anilines is 1. The maximum Gasteiger partial charge on any atom is 0.341 e. The van der Waals surface area contributed by atoms with Crippen molar-refractivity contribution in [3.8, 4) is 5.75 Å². The summed E-state index contributed by atoms with van der Waals surface area (Å²) in [6.45, 7) is -0.866. The monoisotopic (exact) mass is 354 g/mol. The fraction of sp³-hybridized carbons (Fsp3) is 0.111. The van der Waals surface area contributed by atoms with Crippen LogP contribution in [0, 0.1) is 0 Å². The summed E-state index contributed by atoms with van der Waals surface area (Å²) in [4.78, 5) is 47.9. The number of hydrogen-bond acceptors (Lipinski definition) is 5. The van der Waals surface area contributed by atoms with Crippen molar-refractivity contribution in [1.29, 1.82) is 0 Å². The number of carbonyl (C=O) groups excluding carboxylic acids is 3. The zero-order valence-corrected chi connectivity index (χ0v) is 13.5. The number of imide groups is 1. The van der Waals surface area contributed by atoms with Crippen LogP contribution >= 0.6 is 0 Å². The Morgan fingerprint density at radius 1 is 0.962 bits per heavy atom. The van der Waals surface area contributed by atoms with Crippen LogP contribution < -0.4 is 10.1 Å². The molecule has 3 amide bonds. The van der Waals surface area contributed by atoms with E-state index < -0.39 is 36.8 Å². The van der Waals surface area contributed by atoms with Crippen molar-refractivity contribution in [2.75, 3.05) is 18.5 Å². The Morgan fingerprint density at radius 3 is 2.08 bits per heavy atom. The van der Waals surface area contributed by atoms with E-state index in [-0.39, 0.29) is 11.1 Å². The molecule has 8 heteroatoms. The molecule has 0 saturated heterocycles. The quantitative estimate of drug-likeness (QED) is 0.758. The number of amides is 3. The molecule has 1 aliphatic heterocycles. The zero-order chi connectivity index (χ0) is 18.7. The van der Waals surface area contributed by atoms with Crippen LogP contribution in [0.15, 0.2) is 48.5 Å². The van der Waals surface area contributed by atoms with Crippen LogP contribution in [0.3, 0.4) is 0 Å². The summed E-state index contributed by atoms with van der Waals surface area (Å²) in [5.41, 5.74) is 0.991. The van der Waals surface area contributed by atoms with Gasteiger partial charge < -0.3 is 15.2 Å². The van der Waals surface area contributed by atoms with E-state index in [4.69, 9.17) is 9.84 Å². The van der Waals surface area contributed by atoms with Gasteiger partial charge in [0.05, 0.1) is 11.1 Å². The second-order valence-corrected chi connectivity index (χ2v) is 5.50. The third-order valence-electron chi connectivity index (χ3n) is 3.68. The van der Waals surface area contributed by atoms with E-state index in [1.54, 1.807) is 24.3 Å². The number of hydrogen-bond donors (Lipinski definition) is 2. The SMILES string of the molecule is O=C(O)COc1ccc(NC(=O)CN2C(=O)c3ccccc3C2=O)cc1. The van der Waals surface area contributed by atoms with Crippen molar-refractivity contribution in [2.45, 2.75) is 0 Å². The number of fused-ring (bicyclic) bond motifs is 1. The average molecular weight is 354 g/mol. The lowest BCUT2D eigenvalue weighted by Gasteiger charge is -2.13. The van der Waals surface area contributed by atoms with Crippen LogP contribution in [0.1, 0.15) is 20.7 Å². The summed E-state index contributed by atoms with van der Waals surface area (Å²) >= 11 is 0. The van der Waals surface area contributed by atoms with Gasteiger partial charge in [-0.3, -0.25) is 19.3 Å². The van der Waals surface area contributed by atoms with Gasteiger partial charge in [0.25, 0.3) is 11.8 Å². The van der Waals surface area contributed by atoms with Gasteiger partial charge in [0.15, 0.2) is 6.61 Å². The van der Waals surface area contributed by atoms with Crippen LogP contribution in [0.25, 0.3) is 0 Å². The highest BCUT2D eigenvalue weighted by Gasteiger charge is 2.36. The van der Waals surface area contributed by atoms with Gasteiger partial charge in [-0.05, 0) is 36.4 Å². The molecule has 2 N–H and O–H groups in total.